The molecule has 1 amide bonds. The SMILES string of the molecule is Cc1ccc(S(=O)(=O)NC(C(=O)N(C)Cc2ccc(F)cc2)C(C)O)cc1. The van der Waals surface area contributed by atoms with Crippen LogP contribution in [0.15, 0.2) is 53.4 Å². The number of likely N-dealkylation sites (N-methyl/N-ethyl adjacent to an activating group) is 1. The number of carbonyl (C=O) groups is 1. The molecular formula is C19H23FN2O4S. The van der Waals surface area contributed by atoms with E-state index in [1.165, 1.54) is 55.3 Å². The molecule has 0 aromatic heterocycles. The Morgan fingerprint density at radius 2 is 1.70 bits per heavy atom. The molecule has 146 valence electrons. The first-order valence-electron chi connectivity index (χ1n) is 8.36. The first kappa shape index (κ1) is 21.0. The van der Waals surface area contributed by atoms with Crippen LogP contribution in [0.3, 0.4) is 0 Å². The quantitative estimate of drug-likeness (QED) is 0.750. The van der Waals surface area contributed by atoms with Gasteiger partial charge in [-0.15, -0.1) is 0 Å². The maximum Gasteiger partial charge on any atom is 0.243 e. The molecule has 6 nitrogen and oxygen atoms in total. The van der Waals surface area contributed by atoms with Gasteiger partial charge in [0.25, 0.3) is 0 Å². The first-order chi connectivity index (χ1) is 12.6. The third-order valence-electron chi connectivity index (χ3n) is 4.07. The number of aryl methyl sites for hydroxylation is 1. The molecule has 27 heavy (non-hydrogen) atoms. The van der Waals surface area contributed by atoms with Gasteiger partial charge in [-0.05, 0) is 43.7 Å². The summed E-state index contributed by atoms with van der Waals surface area (Å²) in [5.74, 6) is -0.981. The van der Waals surface area contributed by atoms with E-state index < -0.39 is 28.1 Å². The second kappa shape index (κ2) is 8.60. The Bertz CT molecular complexity index is 881. The number of halogens is 1. The molecule has 8 heteroatoms. The van der Waals surface area contributed by atoms with Gasteiger partial charge in [0, 0.05) is 13.6 Å². The van der Waals surface area contributed by atoms with Crippen molar-refractivity contribution < 1.29 is 22.7 Å². The van der Waals surface area contributed by atoms with Gasteiger partial charge in [0.05, 0.1) is 11.0 Å². The Kier molecular flexibility index (Phi) is 6.69. The maximum absolute atomic E-state index is 13.0. The zero-order valence-electron chi connectivity index (χ0n) is 15.4. The highest BCUT2D eigenvalue weighted by Gasteiger charge is 2.31. The average molecular weight is 394 g/mol. The highest BCUT2D eigenvalue weighted by Crippen LogP contribution is 2.13. The van der Waals surface area contributed by atoms with E-state index in [2.05, 4.69) is 4.72 Å². The predicted octanol–water partition coefficient (Wildman–Crippen LogP) is 1.82. The molecule has 0 heterocycles. The fourth-order valence-electron chi connectivity index (χ4n) is 2.49. The fourth-order valence-corrected chi connectivity index (χ4v) is 3.75. The van der Waals surface area contributed by atoms with Crippen molar-refractivity contribution in [3.05, 3.63) is 65.5 Å². The van der Waals surface area contributed by atoms with Crippen LogP contribution in [-0.2, 0) is 21.4 Å². The van der Waals surface area contributed by atoms with Gasteiger partial charge in [-0.2, -0.15) is 4.72 Å². The molecular weight excluding hydrogens is 371 g/mol. The van der Waals surface area contributed by atoms with Crippen molar-refractivity contribution in [3.63, 3.8) is 0 Å². The Morgan fingerprint density at radius 3 is 2.22 bits per heavy atom. The highest BCUT2D eigenvalue weighted by atomic mass is 32.2. The van der Waals surface area contributed by atoms with E-state index in [0.29, 0.717) is 5.56 Å². The van der Waals surface area contributed by atoms with E-state index in [1.807, 2.05) is 6.92 Å². The van der Waals surface area contributed by atoms with Crippen molar-refractivity contribution >= 4 is 15.9 Å². The molecule has 0 bridgehead atoms. The molecule has 2 atom stereocenters. The lowest BCUT2D eigenvalue weighted by atomic mass is 10.1. The van der Waals surface area contributed by atoms with Gasteiger partial charge in [-0.25, -0.2) is 12.8 Å². The van der Waals surface area contributed by atoms with Crippen molar-refractivity contribution in [2.45, 2.75) is 37.4 Å². The van der Waals surface area contributed by atoms with E-state index in [1.54, 1.807) is 12.1 Å². The molecule has 0 aliphatic rings. The van der Waals surface area contributed by atoms with Crippen molar-refractivity contribution in [2.75, 3.05) is 7.05 Å². The molecule has 0 spiro atoms. The monoisotopic (exact) mass is 394 g/mol. The summed E-state index contributed by atoms with van der Waals surface area (Å²) in [6.45, 7) is 3.32. The molecule has 2 aromatic carbocycles. The Labute approximate surface area is 158 Å². The average Bonchev–Trinajstić information content (AvgIpc) is 2.61. The van der Waals surface area contributed by atoms with Crippen LogP contribution in [0.4, 0.5) is 4.39 Å². The van der Waals surface area contributed by atoms with Crippen LogP contribution in [0.1, 0.15) is 18.1 Å². The lowest BCUT2D eigenvalue weighted by Gasteiger charge is -2.26. The summed E-state index contributed by atoms with van der Waals surface area (Å²) in [5, 5.41) is 9.96. The zero-order chi connectivity index (χ0) is 20.2. The molecule has 0 saturated carbocycles. The molecule has 2 rings (SSSR count). The zero-order valence-corrected chi connectivity index (χ0v) is 16.2. The fraction of sp³-hybridized carbons (Fsp3) is 0.316. The van der Waals surface area contributed by atoms with Crippen LogP contribution in [0, 0.1) is 12.7 Å². The van der Waals surface area contributed by atoms with E-state index in [0.717, 1.165) is 5.56 Å². The summed E-state index contributed by atoms with van der Waals surface area (Å²) in [5.41, 5.74) is 1.58. The number of hydrogen-bond donors (Lipinski definition) is 2. The topological polar surface area (TPSA) is 86.7 Å². The van der Waals surface area contributed by atoms with E-state index in [4.69, 9.17) is 0 Å². The van der Waals surface area contributed by atoms with Crippen LogP contribution in [-0.4, -0.2) is 43.5 Å². The number of carbonyl (C=O) groups excluding carboxylic acids is 1. The first-order valence-corrected chi connectivity index (χ1v) is 9.85. The molecule has 0 radical (unpaired) electrons. The molecule has 0 aliphatic heterocycles. The number of amides is 1. The summed E-state index contributed by atoms with van der Waals surface area (Å²) in [6.07, 6.45) is -1.24. The van der Waals surface area contributed by atoms with Gasteiger partial charge < -0.3 is 10.0 Å². The summed E-state index contributed by atoms with van der Waals surface area (Å²) >= 11 is 0. The summed E-state index contributed by atoms with van der Waals surface area (Å²) in [6, 6.07) is 10.4. The molecule has 0 saturated heterocycles. The van der Waals surface area contributed by atoms with E-state index in [9.17, 15) is 22.7 Å². The van der Waals surface area contributed by atoms with E-state index in [-0.39, 0.29) is 17.3 Å². The van der Waals surface area contributed by atoms with Gasteiger partial charge >= 0.3 is 0 Å². The van der Waals surface area contributed by atoms with Gasteiger partial charge in [0.1, 0.15) is 11.9 Å². The third kappa shape index (κ3) is 5.59. The maximum atomic E-state index is 13.0. The van der Waals surface area contributed by atoms with Gasteiger partial charge in [-0.1, -0.05) is 29.8 Å². The van der Waals surface area contributed by atoms with Gasteiger partial charge in [0.15, 0.2) is 0 Å². The van der Waals surface area contributed by atoms with Crippen molar-refractivity contribution in [2.24, 2.45) is 0 Å². The van der Waals surface area contributed by atoms with Crippen LogP contribution < -0.4 is 4.72 Å². The van der Waals surface area contributed by atoms with Gasteiger partial charge in [0.2, 0.25) is 15.9 Å². The smallest absolute Gasteiger partial charge is 0.243 e. The number of benzene rings is 2. The minimum atomic E-state index is -3.99. The van der Waals surface area contributed by atoms with Crippen LogP contribution >= 0.6 is 0 Å². The number of aliphatic hydroxyl groups excluding tert-OH is 1. The summed E-state index contributed by atoms with van der Waals surface area (Å²) in [7, 11) is -2.50. The molecule has 0 fully saturated rings. The number of rotatable bonds is 7. The van der Waals surface area contributed by atoms with Crippen molar-refractivity contribution in [1.29, 1.82) is 0 Å². The lowest BCUT2D eigenvalue weighted by molar-refractivity contribution is -0.134. The van der Waals surface area contributed by atoms with Crippen LogP contribution in [0.2, 0.25) is 0 Å². The lowest BCUT2D eigenvalue weighted by Crippen LogP contribution is -2.52. The second-order valence-corrected chi connectivity index (χ2v) is 8.19. The minimum Gasteiger partial charge on any atom is -0.391 e. The third-order valence-corrected chi connectivity index (χ3v) is 5.53. The Hall–Kier alpha value is -2.29. The number of aliphatic hydroxyl groups is 1. The Balaban J connectivity index is 2.16. The minimum absolute atomic E-state index is 0.00716. The Morgan fingerprint density at radius 1 is 1.15 bits per heavy atom. The second-order valence-electron chi connectivity index (χ2n) is 6.47. The van der Waals surface area contributed by atoms with Crippen LogP contribution in [0.25, 0.3) is 0 Å². The largest absolute Gasteiger partial charge is 0.391 e. The standard InChI is InChI=1S/C19H23FN2O4S/c1-13-4-10-17(11-5-13)27(25,26)21-18(14(2)23)19(24)22(3)12-15-6-8-16(20)9-7-15/h4-11,14,18,21,23H,12H2,1-3H3. The van der Waals surface area contributed by atoms with E-state index >= 15 is 0 Å². The normalized spacial score (nSPS) is 13.8. The number of hydrogen-bond acceptors (Lipinski definition) is 4. The number of nitrogens with one attached hydrogen (secondary N) is 1. The molecule has 0 aliphatic carbocycles. The van der Waals surface area contributed by atoms with Crippen molar-refractivity contribution in [1.82, 2.24) is 9.62 Å². The van der Waals surface area contributed by atoms with Crippen molar-refractivity contribution in [3.8, 4) is 0 Å². The summed E-state index contributed by atoms with van der Waals surface area (Å²) < 4.78 is 40.4. The summed E-state index contributed by atoms with van der Waals surface area (Å²) in [4.78, 5) is 14.0. The number of sulfonamides is 1. The number of nitrogens with zero attached hydrogens (tertiary/aromatic N) is 1. The van der Waals surface area contributed by atoms with Gasteiger partial charge in [-0.3, -0.25) is 4.79 Å². The molecule has 2 N–H and O–H groups in total. The molecule has 2 aromatic rings. The highest BCUT2D eigenvalue weighted by molar-refractivity contribution is 7.89. The molecule has 2 unspecified atom stereocenters. The predicted molar refractivity (Wildman–Crippen MR) is 99.8 cm³/mol. The van der Waals surface area contributed by atoms with Crippen LogP contribution in [0.5, 0.6) is 0 Å².